The number of carbonyl (C=O) groups excluding carboxylic acids is 1. The minimum atomic E-state index is -4.78. The van der Waals surface area contributed by atoms with Crippen molar-refractivity contribution in [1.29, 1.82) is 0 Å². The lowest BCUT2D eigenvalue weighted by Gasteiger charge is -2.20. The minimum absolute atomic E-state index is 0.0193. The zero-order valence-corrected chi connectivity index (χ0v) is 17.7. The second-order valence-corrected chi connectivity index (χ2v) is 8.01. The summed E-state index contributed by atoms with van der Waals surface area (Å²) in [6.45, 7) is 1.10. The number of rotatable bonds is 3. The Morgan fingerprint density at radius 2 is 1.55 bits per heavy atom. The lowest BCUT2D eigenvalue weighted by atomic mass is 9.96. The Morgan fingerprint density at radius 1 is 0.848 bits per heavy atom. The first-order valence-corrected chi connectivity index (χ1v) is 10.7. The molecule has 0 radical (unpaired) electrons. The van der Waals surface area contributed by atoms with E-state index in [1.165, 1.54) is 12.1 Å². The Balaban J connectivity index is 1.53. The van der Waals surface area contributed by atoms with Crippen molar-refractivity contribution < 1.29 is 22.7 Å². The number of amides is 1. The first kappa shape index (κ1) is 21.1. The lowest BCUT2D eigenvalue weighted by Crippen LogP contribution is -2.33. The van der Waals surface area contributed by atoms with Crippen LogP contribution >= 0.6 is 0 Å². The summed E-state index contributed by atoms with van der Waals surface area (Å²) in [5.41, 5.74) is 4.60. The van der Waals surface area contributed by atoms with E-state index >= 15 is 0 Å². The summed E-state index contributed by atoms with van der Waals surface area (Å²) in [5, 5.41) is 0.875. The van der Waals surface area contributed by atoms with E-state index in [1.807, 2.05) is 41.3 Å². The lowest BCUT2D eigenvalue weighted by molar-refractivity contribution is -0.274. The Morgan fingerprint density at radius 3 is 2.33 bits per heavy atom. The van der Waals surface area contributed by atoms with Gasteiger partial charge in [-0.25, -0.2) is 0 Å². The van der Waals surface area contributed by atoms with Crippen molar-refractivity contribution in [3.8, 4) is 16.9 Å². The first-order valence-electron chi connectivity index (χ1n) is 10.7. The van der Waals surface area contributed by atoms with Crippen LogP contribution in [0, 0.1) is 0 Å². The third-order valence-electron chi connectivity index (χ3n) is 5.99. The van der Waals surface area contributed by atoms with Gasteiger partial charge in [0.05, 0.1) is 0 Å². The zero-order valence-electron chi connectivity index (χ0n) is 17.7. The molecule has 0 unspecified atom stereocenters. The number of alkyl halides is 3. The standard InChI is InChI=1S/C26H21F3N2O2/c27-26(28,29)33-23-12-5-4-9-18(23)19-10-6-11-22-24(19)20-13-15-31(16-14-21(20)30-22)25(32)17-7-2-1-3-8-17/h1-12,30H,13-16H2. The molecule has 0 spiro atoms. The SMILES string of the molecule is O=C(c1ccccc1)N1CCc2[nH]c3cccc(-c4ccccc4OC(F)(F)F)c3c2CC1. The predicted octanol–water partition coefficient (Wildman–Crippen LogP) is 5.97. The molecule has 1 aliphatic heterocycles. The van der Waals surface area contributed by atoms with Gasteiger partial charge in [0.2, 0.25) is 0 Å². The van der Waals surface area contributed by atoms with Gasteiger partial charge >= 0.3 is 6.36 Å². The van der Waals surface area contributed by atoms with E-state index in [9.17, 15) is 18.0 Å². The highest BCUT2D eigenvalue weighted by molar-refractivity contribution is 6.00. The van der Waals surface area contributed by atoms with Gasteiger partial charge in [-0.3, -0.25) is 4.79 Å². The zero-order chi connectivity index (χ0) is 23.0. The average molecular weight is 450 g/mol. The van der Waals surface area contributed by atoms with Gasteiger partial charge in [-0.05, 0) is 41.8 Å². The van der Waals surface area contributed by atoms with Crippen LogP contribution in [0.2, 0.25) is 0 Å². The van der Waals surface area contributed by atoms with Gasteiger partial charge in [-0.15, -0.1) is 13.2 Å². The van der Waals surface area contributed by atoms with Crippen molar-refractivity contribution in [2.45, 2.75) is 19.2 Å². The van der Waals surface area contributed by atoms with Crippen molar-refractivity contribution in [3.05, 3.63) is 89.6 Å². The van der Waals surface area contributed by atoms with Crippen LogP contribution in [0.1, 0.15) is 21.6 Å². The van der Waals surface area contributed by atoms with Gasteiger partial charge in [-0.1, -0.05) is 48.5 Å². The molecule has 3 aromatic carbocycles. The fourth-order valence-corrected chi connectivity index (χ4v) is 4.56. The van der Waals surface area contributed by atoms with Gasteiger partial charge in [0.15, 0.2) is 0 Å². The maximum Gasteiger partial charge on any atom is 0.573 e. The molecular weight excluding hydrogens is 429 g/mol. The Bertz CT molecular complexity index is 1310. The summed E-state index contributed by atoms with van der Waals surface area (Å²) in [6, 6.07) is 20.9. The molecule has 1 N–H and O–H groups in total. The molecule has 1 amide bonds. The van der Waals surface area contributed by atoms with Crippen molar-refractivity contribution in [2.75, 3.05) is 13.1 Å². The van der Waals surface area contributed by atoms with Crippen LogP contribution in [0.15, 0.2) is 72.8 Å². The normalized spacial score (nSPS) is 14.1. The highest BCUT2D eigenvalue weighted by Gasteiger charge is 2.32. The van der Waals surface area contributed by atoms with Crippen molar-refractivity contribution in [1.82, 2.24) is 9.88 Å². The predicted molar refractivity (Wildman–Crippen MR) is 120 cm³/mol. The van der Waals surface area contributed by atoms with Crippen LogP contribution in [0.5, 0.6) is 5.75 Å². The highest BCUT2D eigenvalue weighted by atomic mass is 19.4. The van der Waals surface area contributed by atoms with E-state index < -0.39 is 6.36 Å². The van der Waals surface area contributed by atoms with Gasteiger partial charge < -0.3 is 14.6 Å². The minimum Gasteiger partial charge on any atom is -0.405 e. The number of ether oxygens (including phenoxy) is 1. The fourth-order valence-electron chi connectivity index (χ4n) is 4.56. The Hall–Kier alpha value is -3.74. The monoisotopic (exact) mass is 450 g/mol. The van der Waals surface area contributed by atoms with Gasteiger partial charge in [0.1, 0.15) is 5.75 Å². The van der Waals surface area contributed by atoms with E-state index in [1.54, 1.807) is 24.3 Å². The number of nitrogens with zero attached hydrogens (tertiary/aromatic N) is 1. The van der Waals surface area contributed by atoms with Crippen LogP contribution in [0.25, 0.3) is 22.0 Å². The molecule has 7 heteroatoms. The molecule has 1 aliphatic rings. The number of halogens is 3. The molecule has 5 rings (SSSR count). The number of para-hydroxylation sites is 1. The number of H-pyrrole nitrogens is 1. The summed E-state index contributed by atoms with van der Waals surface area (Å²) >= 11 is 0. The summed E-state index contributed by atoms with van der Waals surface area (Å²) in [6.07, 6.45) is -3.53. The van der Waals surface area contributed by atoms with Gasteiger partial charge in [0.25, 0.3) is 5.91 Å². The maximum absolute atomic E-state index is 13.0. The first-order chi connectivity index (χ1) is 15.9. The van der Waals surface area contributed by atoms with E-state index in [0.29, 0.717) is 42.6 Å². The average Bonchev–Trinajstić information content (AvgIpc) is 3.03. The van der Waals surface area contributed by atoms with Crippen LogP contribution in [-0.2, 0) is 12.8 Å². The summed E-state index contributed by atoms with van der Waals surface area (Å²) < 4.78 is 43.3. The summed E-state index contributed by atoms with van der Waals surface area (Å²) in [4.78, 5) is 18.2. The molecular formula is C26H21F3N2O2. The molecule has 4 aromatic rings. The van der Waals surface area contributed by atoms with Crippen molar-refractivity contribution in [2.24, 2.45) is 0 Å². The second kappa shape index (κ2) is 8.31. The molecule has 0 fully saturated rings. The number of hydrogen-bond donors (Lipinski definition) is 1. The van der Waals surface area contributed by atoms with Crippen LogP contribution < -0.4 is 4.74 Å². The van der Waals surface area contributed by atoms with Crippen LogP contribution in [0.4, 0.5) is 13.2 Å². The van der Waals surface area contributed by atoms with Crippen molar-refractivity contribution in [3.63, 3.8) is 0 Å². The van der Waals surface area contributed by atoms with Gasteiger partial charge in [0, 0.05) is 47.2 Å². The number of nitrogens with one attached hydrogen (secondary N) is 1. The van der Waals surface area contributed by atoms with E-state index in [2.05, 4.69) is 9.72 Å². The Labute approximate surface area is 188 Å². The molecule has 0 bridgehead atoms. The second-order valence-electron chi connectivity index (χ2n) is 8.01. The quantitative estimate of drug-likeness (QED) is 0.418. The summed E-state index contributed by atoms with van der Waals surface area (Å²) in [7, 11) is 0. The largest absolute Gasteiger partial charge is 0.573 e. The number of aromatic nitrogens is 1. The third kappa shape index (κ3) is 4.18. The number of benzene rings is 3. The molecule has 0 aliphatic carbocycles. The number of fused-ring (bicyclic) bond motifs is 3. The molecule has 2 heterocycles. The topological polar surface area (TPSA) is 45.3 Å². The molecule has 1 aromatic heterocycles. The fraction of sp³-hybridized carbons (Fsp3) is 0.192. The highest BCUT2D eigenvalue weighted by Crippen LogP contribution is 2.40. The maximum atomic E-state index is 13.0. The van der Waals surface area contributed by atoms with E-state index in [4.69, 9.17) is 0 Å². The van der Waals surface area contributed by atoms with E-state index in [0.717, 1.165) is 22.2 Å². The molecule has 168 valence electrons. The molecule has 4 nitrogen and oxygen atoms in total. The van der Waals surface area contributed by atoms with Crippen LogP contribution in [0.3, 0.4) is 0 Å². The molecule has 0 saturated carbocycles. The molecule has 33 heavy (non-hydrogen) atoms. The number of aromatic amines is 1. The summed E-state index contributed by atoms with van der Waals surface area (Å²) in [5.74, 6) is -0.254. The van der Waals surface area contributed by atoms with Gasteiger partial charge in [-0.2, -0.15) is 0 Å². The molecule has 0 saturated heterocycles. The van der Waals surface area contributed by atoms with Crippen molar-refractivity contribution >= 4 is 16.8 Å². The Kier molecular flexibility index (Phi) is 5.32. The van der Waals surface area contributed by atoms with E-state index in [-0.39, 0.29) is 11.7 Å². The third-order valence-corrected chi connectivity index (χ3v) is 5.99. The van der Waals surface area contributed by atoms with Crippen LogP contribution in [-0.4, -0.2) is 35.2 Å². The molecule has 0 atom stereocenters. The number of carbonyl (C=O) groups is 1. The smallest absolute Gasteiger partial charge is 0.405 e. The number of hydrogen-bond acceptors (Lipinski definition) is 2.